The minimum Gasteiger partial charge on any atom is -0.351 e. The largest absolute Gasteiger partial charge is 0.351 e. The van der Waals surface area contributed by atoms with Crippen molar-refractivity contribution in [2.75, 3.05) is 25.0 Å². The lowest BCUT2D eigenvalue weighted by Crippen LogP contribution is -3.13. The third-order valence-electron chi connectivity index (χ3n) is 4.02. The Kier molecular flexibility index (Phi) is 5.77. The van der Waals surface area contributed by atoms with Gasteiger partial charge in [-0.2, -0.15) is 0 Å². The number of hydrogen-bond acceptors (Lipinski definition) is 2. The SMILES string of the molecule is CCC[NH+]1CCC(NC(=O)c2cccc(NC(N)=O)c2)CC1. The molecule has 0 aliphatic carbocycles. The molecule has 1 aliphatic rings. The third-order valence-corrected chi connectivity index (χ3v) is 4.02. The van der Waals surface area contributed by atoms with E-state index in [1.54, 1.807) is 29.2 Å². The summed E-state index contributed by atoms with van der Waals surface area (Å²) >= 11 is 0. The maximum atomic E-state index is 12.3. The molecular weight excluding hydrogens is 280 g/mol. The van der Waals surface area contributed by atoms with Gasteiger partial charge in [-0.05, 0) is 24.6 Å². The van der Waals surface area contributed by atoms with Crippen LogP contribution < -0.4 is 21.3 Å². The molecule has 0 spiro atoms. The van der Waals surface area contributed by atoms with Gasteiger partial charge in [0, 0.05) is 30.1 Å². The van der Waals surface area contributed by atoms with Crippen LogP contribution in [0.3, 0.4) is 0 Å². The van der Waals surface area contributed by atoms with Crippen LogP contribution in [0.15, 0.2) is 24.3 Å². The van der Waals surface area contributed by atoms with E-state index in [0.29, 0.717) is 11.3 Å². The number of urea groups is 1. The van der Waals surface area contributed by atoms with Gasteiger partial charge < -0.3 is 21.3 Å². The summed E-state index contributed by atoms with van der Waals surface area (Å²) in [6, 6.07) is 6.41. The molecule has 1 aromatic carbocycles. The van der Waals surface area contributed by atoms with Gasteiger partial charge in [0.1, 0.15) is 0 Å². The fourth-order valence-electron chi connectivity index (χ4n) is 2.92. The van der Waals surface area contributed by atoms with Crippen LogP contribution in [-0.4, -0.2) is 37.6 Å². The molecule has 6 heteroatoms. The summed E-state index contributed by atoms with van der Waals surface area (Å²) < 4.78 is 0. The number of carbonyl (C=O) groups is 2. The van der Waals surface area contributed by atoms with Crippen molar-refractivity contribution in [3.8, 4) is 0 Å². The van der Waals surface area contributed by atoms with Crippen LogP contribution in [0, 0.1) is 0 Å². The quantitative estimate of drug-likeness (QED) is 0.633. The first-order valence-electron chi connectivity index (χ1n) is 7.89. The predicted molar refractivity (Wildman–Crippen MR) is 86.0 cm³/mol. The van der Waals surface area contributed by atoms with Gasteiger partial charge in [0.15, 0.2) is 0 Å². The summed E-state index contributed by atoms with van der Waals surface area (Å²) in [4.78, 5) is 24.8. The summed E-state index contributed by atoms with van der Waals surface area (Å²) in [7, 11) is 0. The van der Waals surface area contributed by atoms with E-state index >= 15 is 0 Å². The van der Waals surface area contributed by atoms with Gasteiger partial charge in [0.2, 0.25) is 0 Å². The first-order valence-corrected chi connectivity index (χ1v) is 7.89. The van der Waals surface area contributed by atoms with Gasteiger partial charge >= 0.3 is 6.03 Å². The molecule has 0 radical (unpaired) electrons. The molecule has 0 atom stereocenters. The van der Waals surface area contributed by atoms with Gasteiger partial charge in [0.25, 0.3) is 5.91 Å². The fraction of sp³-hybridized carbons (Fsp3) is 0.500. The van der Waals surface area contributed by atoms with Gasteiger partial charge in [0.05, 0.1) is 19.6 Å². The Bertz CT molecular complexity index is 525. The Morgan fingerprint density at radius 2 is 2.05 bits per heavy atom. The summed E-state index contributed by atoms with van der Waals surface area (Å²) in [5.74, 6) is -0.0999. The van der Waals surface area contributed by atoms with Crippen molar-refractivity contribution in [3.63, 3.8) is 0 Å². The molecule has 1 saturated heterocycles. The zero-order valence-corrected chi connectivity index (χ0v) is 13.0. The minimum atomic E-state index is -0.635. The smallest absolute Gasteiger partial charge is 0.316 e. The number of quaternary nitrogens is 1. The van der Waals surface area contributed by atoms with Crippen molar-refractivity contribution < 1.29 is 14.5 Å². The van der Waals surface area contributed by atoms with Crippen molar-refractivity contribution in [3.05, 3.63) is 29.8 Å². The molecule has 0 unspecified atom stereocenters. The molecule has 2 rings (SSSR count). The number of likely N-dealkylation sites (tertiary alicyclic amines) is 1. The maximum Gasteiger partial charge on any atom is 0.316 e. The van der Waals surface area contributed by atoms with Gasteiger partial charge in [-0.15, -0.1) is 0 Å². The van der Waals surface area contributed by atoms with Crippen molar-refractivity contribution in [2.45, 2.75) is 32.2 Å². The standard InChI is InChI=1S/C16H24N4O2/c1-2-8-20-9-6-13(7-10-20)18-15(21)12-4-3-5-14(11-12)19-16(17)22/h3-5,11,13H,2,6-10H2,1H3,(H,18,21)(H3,17,19,22)/p+1. The normalized spacial score (nSPS) is 21.1. The monoisotopic (exact) mass is 305 g/mol. The van der Waals surface area contributed by atoms with E-state index in [1.165, 1.54) is 13.0 Å². The number of rotatable bonds is 5. The van der Waals surface area contributed by atoms with Crippen LogP contribution in [-0.2, 0) is 0 Å². The highest BCUT2D eigenvalue weighted by atomic mass is 16.2. The van der Waals surface area contributed by atoms with Crippen LogP contribution in [0.2, 0.25) is 0 Å². The average molecular weight is 305 g/mol. The summed E-state index contributed by atoms with van der Waals surface area (Å²) in [6.07, 6.45) is 3.23. The number of amides is 3. The van der Waals surface area contributed by atoms with Crippen LogP contribution in [0.1, 0.15) is 36.5 Å². The number of piperidine rings is 1. The summed E-state index contributed by atoms with van der Waals surface area (Å²) in [5, 5.41) is 5.56. The predicted octanol–water partition coefficient (Wildman–Crippen LogP) is 0.364. The van der Waals surface area contributed by atoms with Gasteiger partial charge in [-0.3, -0.25) is 4.79 Å². The molecule has 0 saturated carbocycles. The molecule has 1 fully saturated rings. The molecule has 22 heavy (non-hydrogen) atoms. The fourth-order valence-corrected chi connectivity index (χ4v) is 2.92. The molecule has 1 aliphatic heterocycles. The van der Waals surface area contributed by atoms with Crippen molar-refractivity contribution in [1.29, 1.82) is 0 Å². The van der Waals surface area contributed by atoms with Gasteiger partial charge in [-0.1, -0.05) is 13.0 Å². The van der Waals surface area contributed by atoms with Crippen molar-refractivity contribution in [1.82, 2.24) is 5.32 Å². The average Bonchev–Trinajstić information content (AvgIpc) is 2.49. The number of anilines is 1. The number of benzene rings is 1. The number of nitrogens with one attached hydrogen (secondary N) is 3. The zero-order valence-electron chi connectivity index (χ0n) is 13.0. The number of hydrogen-bond donors (Lipinski definition) is 4. The van der Waals surface area contributed by atoms with E-state index in [2.05, 4.69) is 17.6 Å². The second-order valence-electron chi connectivity index (χ2n) is 5.82. The number of nitrogens with two attached hydrogens (primary N) is 1. The zero-order chi connectivity index (χ0) is 15.9. The summed E-state index contributed by atoms with van der Waals surface area (Å²) in [5.41, 5.74) is 6.15. The highest BCUT2D eigenvalue weighted by molar-refractivity contribution is 5.96. The lowest BCUT2D eigenvalue weighted by atomic mass is 10.0. The second-order valence-corrected chi connectivity index (χ2v) is 5.82. The van der Waals surface area contributed by atoms with E-state index in [-0.39, 0.29) is 11.9 Å². The Hall–Kier alpha value is -2.08. The van der Waals surface area contributed by atoms with Crippen molar-refractivity contribution in [2.24, 2.45) is 5.73 Å². The van der Waals surface area contributed by atoms with Crippen LogP contribution in [0.4, 0.5) is 10.5 Å². The minimum absolute atomic E-state index is 0.0999. The van der Waals surface area contributed by atoms with E-state index in [9.17, 15) is 9.59 Å². The third kappa shape index (κ3) is 4.73. The number of carbonyl (C=O) groups excluding carboxylic acids is 2. The molecule has 3 amide bonds. The van der Waals surface area contributed by atoms with E-state index in [4.69, 9.17) is 5.73 Å². The lowest BCUT2D eigenvalue weighted by Gasteiger charge is -2.29. The Morgan fingerprint density at radius 1 is 1.32 bits per heavy atom. The molecule has 5 N–H and O–H groups in total. The molecule has 1 aromatic rings. The molecular formula is C16H25N4O2+. The Balaban J connectivity index is 1.88. The van der Waals surface area contributed by atoms with Crippen LogP contribution in [0.5, 0.6) is 0 Å². The second kappa shape index (κ2) is 7.79. The lowest BCUT2D eigenvalue weighted by molar-refractivity contribution is -0.905. The topological polar surface area (TPSA) is 88.7 Å². The Labute approximate surface area is 131 Å². The molecule has 0 bridgehead atoms. The highest BCUT2D eigenvalue weighted by Gasteiger charge is 2.23. The number of primary amides is 1. The maximum absolute atomic E-state index is 12.3. The molecule has 0 aromatic heterocycles. The summed E-state index contributed by atoms with van der Waals surface area (Å²) in [6.45, 7) is 5.64. The first-order chi connectivity index (χ1) is 10.6. The van der Waals surface area contributed by atoms with Crippen LogP contribution in [0.25, 0.3) is 0 Å². The highest BCUT2D eigenvalue weighted by Crippen LogP contribution is 2.11. The van der Waals surface area contributed by atoms with Gasteiger partial charge in [-0.25, -0.2) is 4.79 Å². The van der Waals surface area contributed by atoms with Crippen molar-refractivity contribution >= 4 is 17.6 Å². The molecule has 120 valence electrons. The van der Waals surface area contributed by atoms with Crippen LogP contribution >= 0.6 is 0 Å². The molecule has 6 nitrogen and oxygen atoms in total. The molecule has 1 heterocycles. The van der Waals surface area contributed by atoms with E-state index < -0.39 is 6.03 Å². The van der Waals surface area contributed by atoms with E-state index in [1.807, 2.05) is 0 Å². The Morgan fingerprint density at radius 3 is 2.68 bits per heavy atom. The van der Waals surface area contributed by atoms with E-state index in [0.717, 1.165) is 25.9 Å². The first kappa shape index (κ1) is 16.3.